The van der Waals surface area contributed by atoms with E-state index in [1.54, 1.807) is 18.2 Å². The van der Waals surface area contributed by atoms with E-state index in [4.69, 9.17) is 17.3 Å². The number of halogens is 3. The van der Waals surface area contributed by atoms with Gasteiger partial charge in [0, 0.05) is 16.0 Å². The third kappa shape index (κ3) is 3.94. The van der Waals surface area contributed by atoms with Crippen LogP contribution in [0, 0.1) is 5.82 Å². The molecule has 21 heavy (non-hydrogen) atoms. The molecule has 0 aliphatic carbocycles. The molecule has 0 saturated heterocycles. The fraction of sp³-hybridized carbons (Fsp3) is 0.0769. The lowest BCUT2D eigenvalue weighted by molar-refractivity contribution is 0.558. The second-order valence-electron chi connectivity index (χ2n) is 4.26. The first-order valence-corrected chi connectivity index (χ1v) is 8.43. The van der Waals surface area contributed by atoms with E-state index in [9.17, 15) is 12.8 Å². The number of nitrogen functional groups attached to an aromatic ring is 1. The largest absolute Gasteiger partial charge is 0.396 e. The Morgan fingerprint density at radius 3 is 2.67 bits per heavy atom. The van der Waals surface area contributed by atoms with Gasteiger partial charge in [0.05, 0.1) is 5.69 Å². The van der Waals surface area contributed by atoms with Crippen molar-refractivity contribution in [3.05, 3.63) is 57.3 Å². The van der Waals surface area contributed by atoms with Gasteiger partial charge in [-0.3, -0.25) is 0 Å². The van der Waals surface area contributed by atoms with Gasteiger partial charge in [0.2, 0.25) is 10.0 Å². The Morgan fingerprint density at radius 2 is 2.00 bits per heavy atom. The summed E-state index contributed by atoms with van der Waals surface area (Å²) < 4.78 is 41.3. The van der Waals surface area contributed by atoms with Crippen LogP contribution in [0.4, 0.5) is 10.1 Å². The van der Waals surface area contributed by atoms with E-state index in [0.717, 1.165) is 22.2 Å². The highest BCUT2D eigenvalue weighted by atomic mass is 79.9. The van der Waals surface area contributed by atoms with E-state index in [1.165, 1.54) is 0 Å². The molecule has 0 radical (unpaired) electrons. The smallest absolute Gasteiger partial charge is 0.243 e. The Bertz CT molecular complexity index is 784. The molecule has 0 aliphatic heterocycles. The fourth-order valence-electron chi connectivity index (χ4n) is 1.68. The maximum atomic E-state index is 13.9. The molecule has 0 aromatic heterocycles. The minimum atomic E-state index is -4.05. The molecule has 0 aliphatic rings. The van der Waals surface area contributed by atoms with Crippen molar-refractivity contribution in [2.45, 2.75) is 11.4 Å². The zero-order chi connectivity index (χ0) is 15.6. The molecule has 0 atom stereocenters. The van der Waals surface area contributed by atoms with Crippen LogP contribution >= 0.6 is 27.5 Å². The summed E-state index contributed by atoms with van der Waals surface area (Å²) >= 11 is 9.01. The highest BCUT2D eigenvalue weighted by Crippen LogP contribution is 2.25. The number of hydrogen-bond donors (Lipinski definition) is 2. The van der Waals surface area contributed by atoms with E-state index in [0.29, 0.717) is 0 Å². The SMILES string of the molecule is Nc1cc(Cl)cc(S(=O)(=O)NCc2cccc(Br)c2)c1F. The molecule has 2 aromatic rings. The molecule has 3 N–H and O–H groups in total. The van der Waals surface area contributed by atoms with Crippen molar-refractivity contribution in [1.82, 2.24) is 4.72 Å². The average Bonchev–Trinajstić information content (AvgIpc) is 2.41. The third-order valence-corrected chi connectivity index (χ3v) is 4.79. The molecule has 112 valence electrons. The van der Waals surface area contributed by atoms with Crippen LogP contribution in [0.2, 0.25) is 5.02 Å². The topological polar surface area (TPSA) is 72.2 Å². The zero-order valence-electron chi connectivity index (χ0n) is 10.6. The van der Waals surface area contributed by atoms with E-state index in [-0.39, 0.29) is 17.3 Å². The second-order valence-corrected chi connectivity index (χ2v) is 7.35. The van der Waals surface area contributed by atoms with E-state index >= 15 is 0 Å². The van der Waals surface area contributed by atoms with Crippen molar-refractivity contribution in [2.24, 2.45) is 0 Å². The maximum Gasteiger partial charge on any atom is 0.243 e. The summed E-state index contributed by atoms with van der Waals surface area (Å²) in [5.41, 5.74) is 5.80. The van der Waals surface area contributed by atoms with Crippen LogP contribution in [0.15, 0.2) is 45.8 Å². The lowest BCUT2D eigenvalue weighted by Crippen LogP contribution is -2.24. The van der Waals surface area contributed by atoms with E-state index in [1.807, 2.05) is 6.07 Å². The number of anilines is 1. The van der Waals surface area contributed by atoms with Gasteiger partial charge in [0.25, 0.3) is 0 Å². The molecule has 0 saturated carbocycles. The average molecular weight is 394 g/mol. The van der Waals surface area contributed by atoms with Crippen molar-refractivity contribution in [3.63, 3.8) is 0 Å². The van der Waals surface area contributed by atoms with Crippen LogP contribution in [0.5, 0.6) is 0 Å². The van der Waals surface area contributed by atoms with Gasteiger partial charge in [-0.2, -0.15) is 0 Å². The predicted octanol–water partition coefficient (Wildman–Crippen LogP) is 3.30. The molecular formula is C13H11BrClFN2O2S. The van der Waals surface area contributed by atoms with Gasteiger partial charge in [0.1, 0.15) is 4.90 Å². The van der Waals surface area contributed by atoms with Crippen LogP contribution < -0.4 is 10.5 Å². The second kappa shape index (κ2) is 6.31. The quantitative estimate of drug-likeness (QED) is 0.783. The molecule has 0 heterocycles. The summed E-state index contributed by atoms with van der Waals surface area (Å²) in [5.74, 6) is -1.01. The Balaban J connectivity index is 2.27. The van der Waals surface area contributed by atoms with Gasteiger partial charge in [-0.25, -0.2) is 17.5 Å². The number of nitrogens with one attached hydrogen (secondary N) is 1. The van der Waals surface area contributed by atoms with Crippen LogP contribution in [0.25, 0.3) is 0 Å². The van der Waals surface area contributed by atoms with Gasteiger partial charge in [-0.15, -0.1) is 0 Å². The Hall–Kier alpha value is -1.15. The summed E-state index contributed by atoms with van der Waals surface area (Å²) in [6.07, 6.45) is 0. The highest BCUT2D eigenvalue weighted by Gasteiger charge is 2.21. The summed E-state index contributed by atoms with van der Waals surface area (Å²) in [7, 11) is -4.05. The van der Waals surface area contributed by atoms with Crippen molar-refractivity contribution in [3.8, 4) is 0 Å². The van der Waals surface area contributed by atoms with Gasteiger partial charge >= 0.3 is 0 Å². The normalized spacial score (nSPS) is 11.6. The zero-order valence-corrected chi connectivity index (χ0v) is 13.8. The van der Waals surface area contributed by atoms with Gasteiger partial charge in [0.15, 0.2) is 5.82 Å². The molecule has 0 unspecified atom stereocenters. The summed E-state index contributed by atoms with van der Waals surface area (Å²) in [6, 6.07) is 9.27. The molecule has 2 rings (SSSR count). The molecule has 0 amide bonds. The number of benzene rings is 2. The number of hydrogen-bond acceptors (Lipinski definition) is 3. The van der Waals surface area contributed by atoms with Crippen LogP contribution in [0.1, 0.15) is 5.56 Å². The van der Waals surface area contributed by atoms with Gasteiger partial charge in [-0.1, -0.05) is 39.7 Å². The lowest BCUT2D eigenvalue weighted by atomic mass is 10.2. The number of nitrogens with two attached hydrogens (primary N) is 1. The monoisotopic (exact) mass is 392 g/mol. The molecular weight excluding hydrogens is 383 g/mol. The molecule has 8 heteroatoms. The minimum Gasteiger partial charge on any atom is -0.396 e. The Kier molecular flexibility index (Phi) is 4.88. The molecule has 0 spiro atoms. The third-order valence-electron chi connectivity index (χ3n) is 2.68. The summed E-state index contributed by atoms with van der Waals surface area (Å²) in [4.78, 5) is -0.567. The molecule has 4 nitrogen and oxygen atoms in total. The van der Waals surface area contributed by atoms with Crippen molar-refractivity contribution < 1.29 is 12.8 Å². The van der Waals surface area contributed by atoms with Crippen molar-refractivity contribution in [2.75, 3.05) is 5.73 Å². The molecule has 0 fully saturated rings. The maximum absolute atomic E-state index is 13.9. The van der Waals surface area contributed by atoms with Crippen LogP contribution in [-0.2, 0) is 16.6 Å². The predicted molar refractivity (Wildman–Crippen MR) is 84.0 cm³/mol. The van der Waals surface area contributed by atoms with Gasteiger partial charge < -0.3 is 5.73 Å². The van der Waals surface area contributed by atoms with Gasteiger partial charge in [-0.05, 0) is 29.8 Å². The number of sulfonamides is 1. The minimum absolute atomic E-state index is 0.0215. The summed E-state index contributed by atoms with van der Waals surface area (Å²) in [6.45, 7) is 0.0215. The van der Waals surface area contributed by atoms with E-state index in [2.05, 4.69) is 20.7 Å². The van der Waals surface area contributed by atoms with Crippen LogP contribution in [-0.4, -0.2) is 8.42 Å². The first-order valence-electron chi connectivity index (χ1n) is 5.78. The standard InChI is InChI=1S/C13H11BrClFN2O2S/c14-9-3-1-2-8(4-9)7-18-21(19,20)12-6-10(15)5-11(17)13(12)16/h1-6,18H,7,17H2. The van der Waals surface area contributed by atoms with Crippen molar-refractivity contribution in [1.29, 1.82) is 0 Å². The fourth-order valence-corrected chi connectivity index (χ4v) is 3.57. The first kappa shape index (κ1) is 16.2. The van der Waals surface area contributed by atoms with Crippen molar-refractivity contribution >= 4 is 43.2 Å². The van der Waals surface area contributed by atoms with Crippen LogP contribution in [0.3, 0.4) is 0 Å². The summed E-state index contributed by atoms with van der Waals surface area (Å²) in [5, 5.41) is 0.0525. The lowest BCUT2D eigenvalue weighted by Gasteiger charge is -2.10. The first-order chi connectivity index (χ1) is 9.79. The number of rotatable bonds is 4. The highest BCUT2D eigenvalue weighted by molar-refractivity contribution is 9.10. The Labute approximate surface area is 135 Å². The Morgan fingerprint density at radius 1 is 1.29 bits per heavy atom. The van der Waals surface area contributed by atoms with E-state index < -0.39 is 20.7 Å². The molecule has 2 aromatic carbocycles. The molecule has 0 bridgehead atoms.